The molecule has 0 saturated carbocycles. The number of hydrogen-bond donors (Lipinski definition) is 1. The number of methoxy groups -OCH3 is 2. The van der Waals surface area contributed by atoms with Crippen LogP contribution in [-0.2, 0) is 0 Å². The first-order valence-corrected chi connectivity index (χ1v) is 7.23. The van der Waals surface area contributed by atoms with E-state index < -0.39 is 11.7 Å². The van der Waals surface area contributed by atoms with Crippen LogP contribution in [0.2, 0.25) is 0 Å². The Morgan fingerprint density at radius 2 is 1.96 bits per heavy atom. The Morgan fingerprint density at radius 3 is 2.68 bits per heavy atom. The lowest BCUT2D eigenvalue weighted by Crippen LogP contribution is -2.12. The Bertz CT molecular complexity index is 910. The highest BCUT2D eigenvalue weighted by Crippen LogP contribution is 2.33. The minimum Gasteiger partial charge on any atom is -0.497 e. The largest absolute Gasteiger partial charge is 0.497 e. The minimum atomic E-state index is -0.559. The molecule has 3 rings (SSSR count). The van der Waals surface area contributed by atoms with Gasteiger partial charge in [0, 0.05) is 11.6 Å². The molecule has 0 aliphatic rings. The van der Waals surface area contributed by atoms with Gasteiger partial charge in [-0.25, -0.2) is 4.39 Å². The Balaban J connectivity index is 1.82. The maximum Gasteiger partial charge on any atom is 0.322 e. The average Bonchev–Trinajstić information content (AvgIpc) is 3.09. The molecule has 0 aliphatic carbocycles. The van der Waals surface area contributed by atoms with Crippen molar-refractivity contribution in [3.63, 3.8) is 0 Å². The summed E-state index contributed by atoms with van der Waals surface area (Å²) in [6, 6.07) is 10.2. The lowest BCUT2D eigenvalue weighted by atomic mass is 10.2. The molecule has 0 atom stereocenters. The molecule has 3 aromatic rings. The van der Waals surface area contributed by atoms with Crippen molar-refractivity contribution in [2.24, 2.45) is 0 Å². The van der Waals surface area contributed by atoms with Gasteiger partial charge >= 0.3 is 6.01 Å². The summed E-state index contributed by atoms with van der Waals surface area (Å²) in [4.78, 5) is 12.1. The first-order valence-electron chi connectivity index (χ1n) is 7.23. The zero-order valence-corrected chi connectivity index (χ0v) is 13.4. The van der Waals surface area contributed by atoms with E-state index in [1.165, 1.54) is 25.3 Å². The van der Waals surface area contributed by atoms with E-state index in [9.17, 15) is 9.18 Å². The molecule has 0 saturated heterocycles. The van der Waals surface area contributed by atoms with Gasteiger partial charge in [0.2, 0.25) is 0 Å². The van der Waals surface area contributed by atoms with Crippen LogP contribution in [0.3, 0.4) is 0 Å². The number of hydrogen-bond acceptors (Lipinski definition) is 6. The summed E-state index contributed by atoms with van der Waals surface area (Å²) >= 11 is 0. The third-order valence-corrected chi connectivity index (χ3v) is 3.37. The predicted octanol–water partition coefficient (Wildman–Crippen LogP) is 3.15. The summed E-state index contributed by atoms with van der Waals surface area (Å²) in [7, 11) is 3.04. The number of aromatic nitrogens is 2. The predicted molar refractivity (Wildman–Crippen MR) is 87.2 cm³/mol. The average molecular weight is 343 g/mol. The number of anilines is 1. The second kappa shape index (κ2) is 7.00. The molecule has 2 aromatic carbocycles. The highest BCUT2D eigenvalue weighted by molar-refractivity contribution is 6.03. The Morgan fingerprint density at radius 1 is 1.12 bits per heavy atom. The highest BCUT2D eigenvalue weighted by atomic mass is 19.1. The van der Waals surface area contributed by atoms with Crippen molar-refractivity contribution in [1.29, 1.82) is 0 Å². The van der Waals surface area contributed by atoms with Crippen LogP contribution < -0.4 is 14.8 Å². The van der Waals surface area contributed by atoms with Crippen LogP contribution >= 0.6 is 0 Å². The number of carbonyl (C=O) groups excluding carboxylic acids is 1. The van der Waals surface area contributed by atoms with Crippen molar-refractivity contribution in [2.75, 3.05) is 19.5 Å². The van der Waals surface area contributed by atoms with Crippen LogP contribution in [0.4, 0.5) is 10.4 Å². The topological polar surface area (TPSA) is 86.5 Å². The van der Waals surface area contributed by atoms with E-state index in [1.54, 1.807) is 25.3 Å². The van der Waals surface area contributed by atoms with Gasteiger partial charge in [0.05, 0.1) is 19.8 Å². The van der Waals surface area contributed by atoms with Crippen molar-refractivity contribution in [3.05, 3.63) is 53.8 Å². The van der Waals surface area contributed by atoms with Crippen LogP contribution in [-0.4, -0.2) is 30.3 Å². The zero-order valence-electron chi connectivity index (χ0n) is 13.4. The normalized spacial score (nSPS) is 10.4. The molecule has 25 heavy (non-hydrogen) atoms. The second-order valence-electron chi connectivity index (χ2n) is 4.94. The maximum atomic E-state index is 13.2. The quantitative estimate of drug-likeness (QED) is 0.766. The number of nitrogens with zero attached hydrogens (tertiary/aromatic N) is 2. The summed E-state index contributed by atoms with van der Waals surface area (Å²) < 4.78 is 29.0. The molecule has 1 N–H and O–H groups in total. The molecule has 7 nitrogen and oxygen atoms in total. The summed E-state index contributed by atoms with van der Waals surface area (Å²) in [5.41, 5.74) is 0.684. The van der Waals surface area contributed by atoms with Gasteiger partial charge in [0.15, 0.2) is 0 Å². The Labute approximate surface area is 142 Å². The van der Waals surface area contributed by atoms with E-state index in [0.29, 0.717) is 17.1 Å². The van der Waals surface area contributed by atoms with Gasteiger partial charge < -0.3 is 13.9 Å². The van der Waals surface area contributed by atoms with Crippen molar-refractivity contribution in [2.45, 2.75) is 0 Å². The van der Waals surface area contributed by atoms with Crippen LogP contribution in [0.1, 0.15) is 10.4 Å². The highest BCUT2D eigenvalue weighted by Gasteiger charge is 2.16. The minimum absolute atomic E-state index is 0.109. The SMILES string of the molecule is COc1ccc(-c2nnc(NC(=O)c3cccc(F)c3)o2)c(OC)c1. The molecule has 0 aliphatic heterocycles. The van der Waals surface area contributed by atoms with Gasteiger partial charge in [-0.2, -0.15) is 0 Å². The summed E-state index contributed by atoms with van der Waals surface area (Å²) in [6.45, 7) is 0. The number of nitrogens with one attached hydrogen (secondary N) is 1. The number of ether oxygens (including phenoxy) is 2. The fourth-order valence-corrected chi connectivity index (χ4v) is 2.16. The molecule has 0 bridgehead atoms. The number of rotatable bonds is 5. The molecule has 1 aromatic heterocycles. The zero-order chi connectivity index (χ0) is 17.8. The fraction of sp³-hybridized carbons (Fsp3) is 0.118. The van der Waals surface area contributed by atoms with E-state index >= 15 is 0 Å². The maximum absolute atomic E-state index is 13.2. The van der Waals surface area contributed by atoms with Crippen molar-refractivity contribution >= 4 is 11.9 Å². The molecule has 128 valence electrons. The molecule has 0 fully saturated rings. The van der Waals surface area contributed by atoms with Crippen LogP contribution in [0.5, 0.6) is 11.5 Å². The lowest BCUT2D eigenvalue weighted by Gasteiger charge is -2.07. The van der Waals surface area contributed by atoms with Gasteiger partial charge in [-0.3, -0.25) is 10.1 Å². The van der Waals surface area contributed by atoms with Crippen molar-refractivity contribution in [3.8, 4) is 23.0 Å². The third kappa shape index (κ3) is 3.57. The number of halogens is 1. The van der Waals surface area contributed by atoms with Gasteiger partial charge in [0.1, 0.15) is 17.3 Å². The second-order valence-corrected chi connectivity index (χ2v) is 4.94. The van der Waals surface area contributed by atoms with E-state index in [4.69, 9.17) is 13.9 Å². The number of carbonyl (C=O) groups is 1. The van der Waals surface area contributed by atoms with E-state index in [-0.39, 0.29) is 17.5 Å². The molecule has 1 amide bonds. The summed E-state index contributed by atoms with van der Waals surface area (Å²) in [5.74, 6) is 0.179. The Kier molecular flexibility index (Phi) is 4.60. The first-order chi connectivity index (χ1) is 12.1. The van der Waals surface area contributed by atoms with Gasteiger partial charge in [-0.1, -0.05) is 11.2 Å². The summed E-state index contributed by atoms with van der Waals surface area (Å²) in [5, 5.41) is 10.1. The van der Waals surface area contributed by atoms with Gasteiger partial charge in [-0.15, -0.1) is 5.10 Å². The Hall–Kier alpha value is -3.42. The smallest absolute Gasteiger partial charge is 0.322 e. The molecule has 0 spiro atoms. The van der Waals surface area contributed by atoms with E-state index in [0.717, 1.165) is 6.07 Å². The first kappa shape index (κ1) is 16.4. The summed E-state index contributed by atoms with van der Waals surface area (Å²) in [6.07, 6.45) is 0. The molecule has 8 heteroatoms. The van der Waals surface area contributed by atoms with Crippen molar-refractivity contribution in [1.82, 2.24) is 10.2 Å². The molecular formula is C17H14FN3O4. The van der Waals surface area contributed by atoms with Crippen LogP contribution in [0, 0.1) is 5.82 Å². The number of amides is 1. The van der Waals surface area contributed by atoms with Crippen LogP contribution in [0.25, 0.3) is 11.5 Å². The van der Waals surface area contributed by atoms with Gasteiger partial charge in [0.25, 0.3) is 11.8 Å². The van der Waals surface area contributed by atoms with E-state index in [1.807, 2.05) is 0 Å². The third-order valence-electron chi connectivity index (χ3n) is 3.37. The lowest BCUT2D eigenvalue weighted by molar-refractivity contribution is 0.102. The number of benzene rings is 2. The standard InChI is InChI=1S/C17H14FN3O4/c1-23-12-6-7-13(14(9-12)24-2)16-20-21-17(25-16)19-15(22)10-4-3-5-11(18)8-10/h3-9H,1-2H3,(H,19,21,22). The molecule has 0 unspecified atom stereocenters. The van der Waals surface area contributed by atoms with Crippen molar-refractivity contribution < 1.29 is 23.1 Å². The van der Waals surface area contributed by atoms with E-state index in [2.05, 4.69) is 15.5 Å². The van der Waals surface area contributed by atoms with Gasteiger partial charge in [-0.05, 0) is 30.3 Å². The fourth-order valence-electron chi connectivity index (χ4n) is 2.16. The molecule has 0 radical (unpaired) electrons. The van der Waals surface area contributed by atoms with Crippen LogP contribution in [0.15, 0.2) is 46.9 Å². The molecule has 1 heterocycles. The molecular weight excluding hydrogens is 329 g/mol. The monoisotopic (exact) mass is 343 g/mol.